The Hall–Kier alpha value is -0.330. The van der Waals surface area contributed by atoms with Gasteiger partial charge in [-0.15, -0.1) is 0 Å². The molecule has 1 fully saturated rings. The van der Waals surface area contributed by atoms with Gasteiger partial charge in [0.1, 0.15) is 0 Å². The van der Waals surface area contributed by atoms with Gasteiger partial charge in [0.15, 0.2) is 0 Å². The van der Waals surface area contributed by atoms with Gasteiger partial charge in [-0.1, -0.05) is 13.8 Å². The molecule has 1 aliphatic rings. The van der Waals surface area contributed by atoms with Crippen LogP contribution in [0.5, 0.6) is 0 Å². The lowest BCUT2D eigenvalue weighted by Crippen LogP contribution is -2.57. The Morgan fingerprint density at radius 1 is 0.828 bits per heavy atom. The van der Waals surface area contributed by atoms with Crippen molar-refractivity contribution < 1.29 is 17.9 Å². The normalized spacial score (nSPS) is 23.5. The van der Waals surface area contributed by atoms with E-state index in [1.807, 2.05) is 34.6 Å². The molecule has 0 aromatic heterocycles. The Kier molecular flexibility index (Phi) is 9.08. The predicted octanol–water partition coefficient (Wildman–Crippen LogP) is 5.84. The molecule has 0 aromatic rings. The van der Waals surface area contributed by atoms with Crippen LogP contribution in [0.4, 0.5) is 13.2 Å². The number of piperazine rings is 1. The van der Waals surface area contributed by atoms with Crippen molar-refractivity contribution in [1.29, 1.82) is 0 Å². The van der Waals surface area contributed by atoms with Crippen molar-refractivity contribution in [2.75, 3.05) is 26.2 Å². The lowest BCUT2D eigenvalue weighted by atomic mass is 9.76. The second kappa shape index (κ2) is 9.86. The Labute approximate surface area is 177 Å². The highest BCUT2D eigenvalue weighted by atomic mass is 19.4. The maximum absolute atomic E-state index is 14.1. The fourth-order valence-electron chi connectivity index (χ4n) is 4.89. The van der Waals surface area contributed by atoms with Crippen molar-refractivity contribution in [2.45, 2.75) is 105 Å². The topological polar surface area (TPSA) is 15.7 Å². The number of nitrogens with zero attached hydrogens (tertiary/aromatic N) is 2. The monoisotopic (exact) mass is 422 g/mol. The molecular weight excluding hydrogens is 377 g/mol. The summed E-state index contributed by atoms with van der Waals surface area (Å²) >= 11 is 0. The van der Waals surface area contributed by atoms with Crippen molar-refractivity contribution in [2.24, 2.45) is 17.8 Å². The predicted molar refractivity (Wildman–Crippen MR) is 115 cm³/mol. The van der Waals surface area contributed by atoms with Gasteiger partial charge in [0, 0.05) is 37.8 Å². The Balaban J connectivity index is 2.82. The first kappa shape index (κ1) is 26.7. The van der Waals surface area contributed by atoms with Crippen LogP contribution < -0.4 is 0 Å². The molecule has 0 radical (unpaired) electrons. The van der Waals surface area contributed by atoms with Crippen molar-refractivity contribution in [3.05, 3.63) is 0 Å². The molecule has 0 N–H and O–H groups in total. The first-order valence-corrected chi connectivity index (χ1v) is 11.2. The van der Waals surface area contributed by atoms with Crippen LogP contribution in [0.15, 0.2) is 0 Å². The molecule has 0 amide bonds. The van der Waals surface area contributed by atoms with Gasteiger partial charge in [-0.3, -0.25) is 9.80 Å². The number of alkyl halides is 3. The van der Waals surface area contributed by atoms with Crippen molar-refractivity contribution in [3.63, 3.8) is 0 Å². The summed E-state index contributed by atoms with van der Waals surface area (Å²) in [4.78, 5) is 4.66. The van der Waals surface area contributed by atoms with E-state index in [9.17, 15) is 13.2 Å². The van der Waals surface area contributed by atoms with Crippen molar-refractivity contribution in [3.8, 4) is 0 Å². The van der Waals surface area contributed by atoms with Crippen LogP contribution in [-0.4, -0.2) is 65.4 Å². The maximum Gasteiger partial charge on any atom is 0.392 e. The van der Waals surface area contributed by atoms with Gasteiger partial charge < -0.3 is 4.74 Å². The SMILES string of the molecule is CC(CC(C)C(C(C)C(C)N1CCN(C(C)(C)C)CC1)C(F)(F)F)OC(C)(C)C. The van der Waals surface area contributed by atoms with Crippen LogP contribution in [0, 0.1) is 17.8 Å². The summed E-state index contributed by atoms with van der Waals surface area (Å²) in [6.45, 7) is 23.2. The first-order valence-electron chi connectivity index (χ1n) is 11.2. The minimum Gasteiger partial charge on any atom is -0.373 e. The standard InChI is InChI=1S/C23H45F3N2O/c1-16(15-17(2)29-22(8,9)10)20(23(24,25)26)18(3)19(4)27-11-13-28(14-12-27)21(5,6)7/h16-20H,11-15H2,1-10H3. The Morgan fingerprint density at radius 2 is 1.31 bits per heavy atom. The maximum atomic E-state index is 14.1. The molecule has 5 unspecified atom stereocenters. The molecular formula is C23H45F3N2O. The number of ether oxygens (including phenoxy) is 1. The minimum atomic E-state index is -4.21. The van der Waals surface area contributed by atoms with E-state index in [0.29, 0.717) is 6.42 Å². The molecule has 0 bridgehead atoms. The molecule has 0 saturated carbocycles. The molecule has 0 aromatic carbocycles. The third-order valence-corrected chi connectivity index (χ3v) is 6.42. The van der Waals surface area contributed by atoms with E-state index in [1.165, 1.54) is 0 Å². The quantitative estimate of drug-likeness (QED) is 0.513. The van der Waals surface area contributed by atoms with Crippen molar-refractivity contribution in [1.82, 2.24) is 9.80 Å². The summed E-state index contributed by atoms with van der Waals surface area (Å²) in [6.07, 6.45) is -3.99. The molecule has 0 spiro atoms. The van der Waals surface area contributed by atoms with Gasteiger partial charge in [0.05, 0.1) is 17.6 Å². The van der Waals surface area contributed by atoms with Gasteiger partial charge >= 0.3 is 6.18 Å². The molecule has 1 aliphatic heterocycles. The van der Waals surface area contributed by atoms with Crippen LogP contribution >= 0.6 is 0 Å². The van der Waals surface area contributed by atoms with E-state index in [1.54, 1.807) is 13.8 Å². The van der Waals surface area contributed by atoms with E-state index in [-0.39, 0.29) is 23.3 Å². The van der Waals surface area contributed by atoms with E-state index >= 15 is 0 Å². The number of halogens is 3. The van der Waals surface area contributed by atoms with Crippen LogP contribution in [0.25, 0.3) is 0 Å². The summed E-state index contributed by atoms with van der Waals surface area (Å²) < 4.78 is 48.2. The Morgan fingerprint density at radius 3 is 1.69 bits per heavy atom. The molecule has 6 heteroatoms. The first-order chi connectivity index (χ1) is 12.9. The highest BCUT2D eigenvalue weighted by Gasteiger charge is 2.48. The average molecular weight is 423 g/mol. The number of hydrogen-bond donors (Lipinski definition) is 0. The van der Waals surface area contributed by atoms with E-state index in [2.05, 4.69) is 30.6 Å². The molecule has 29 heavy (non-hydrogen) atoms. The second-order valence-electron chi connectivity index (χ2n) is 11.1. The largest absolute Gasteiger partial charge is 0.392 e. The second-order valence-corrected chi connectivity index (χ2v) is 11.1. The number of rotatable bonds is 7. The van der Waals surface area contributed by atoms with E-state index in [0.717, 1.165) is 26.2 Å². The molecule has 5 atom stereocenters. The lowest BCUT2D eigenvalue weighted by molar-refractivity contribution is -0.211. The molecule has 1 rings (SSSR count). The molecule has 3 nitrogen and oxygen atoms in total. The number of hydrogen-bond acceptors (Lipinski definition) is 3. The van der Waals surface area contributed by atoms with Gasteiger partial charge in [-0.2, -0.15) is 13.2 Å². The fourth-order valence-corrected chi connectivity index (χ4v) is 4.89. The third-order valence-electron chi connectivity index (χ3n) is 6.42. The van der Waals surface area contributed by atoms with Gasteiger partial charge in [-0.05, 0) is 73.6 Å². The van der Waals surface area contributed by atoms with E-state index < -0.39 is 23.9 Å². The molecule has 1 heterocycles. The Bertz CT molecular complexity index is 488. The van der Waals surface area contributed by atoms with Crippen LogP contribution in [-0.2, 0) is 4.74 Å². The zero-order valence-corrected chi connectivity index (χ0v) is 20.4. The molecule has 1 saturated heterocycles. The zero-order valence-electron chi connectivity index (χ0n) is 20.4. The summed E-state index contributed by atoms with van der Waals surface area (Å²) in [5.74, 6) is -2.28. The smallest absolute Gasteiger partial charge is 0.373 e. The summed E-state index contributed by atoms with van der Waals surface area (Å²) in [7, 11) is 0. The van der Waals surface area contributed by atoms with Crippen LogP contribution in [0.2, 0.25) is 0 Å². The van der Waals surface area contributed by atoms with Gasteiger partial charge in [-0.25, -0.2) is 0 Å². The lowest BCUT2D eigenvalue weighted by Gasteiger charge is -2.46. The van der Waals surface area contributed by atoms with Crippen LogP contribution in [0.1, 0.15) is 75.7 Å². The fraction of sp³-hybridized carbons (Fsp3) is 1.00. The molecule has 0 aliphatic carbocycles. The van der Waals surface area contributed by atoms with Crippen LogP contribution in [0.3, 0.4) is 0 Å². The van der Waals surface area contributed by atoms with Gasteiger partial charge in [0.25, 0.3) is 0 Å². The van der Waals surface area contributed by atoms with Crippen molar-refractivity contribution >= 4 is 0 Å². The average Bonchev–Trinajstić information content (AvgIpc) is 2.50. The zero-order chi connectivity index (χ0) is 22.8. The highest BCUT2D eigenvalue weighted by Crippen LogP contribution is 2.42. The van der Waals surface area contributed by atoms with E-state index in [4.69, 9.17) is 4.74 Å². The summed E-state index contributed by atoms with van der Waals surface area (Å²) in [5.41, 5.74) is -0.244. The highest BCUT2D eigenvalue weighted by molar-refractivity contribution is 4.89. The summed E-state index contributed by atoms with van der Waals surface area (Å²) in [6, 6.07) is -0.106. The minimum absolute atomic E-state index is 0.104. The summed E-state index contributed by atoms with van der Waals surface area (Å²) in [5, 5.41) is 0. The van der Waals surface area contributed by atoms with Gasteiger partial charge in [0.2, 0.25) is 0 Å². The molecule has 174 valence electrons. The third kappa shape index (κ3) is 8.37.